The second kappa shape index (κ2) is 8.61. The van der Waals surface area contributed by atoms with Crippen molar-refractivity contribution in [2.24, 2.45) is 10.7 Å². The molecule has 3 aromatic rings. The highest BCUT2D eigenvalue weighted by Crippen LogP contribution is 2.17. The van der Waals surface area contributed by atoms with Gasteiger partial charge >= 0.3 is 0 Å². The maximum Gasteiger partial charge on any atom is 0.193 e. The molecule has 0 aliphatic rings. The lowest BCUT2D eigenvalue weighted by molar-refractivity contribution is 0.614. The van der Waals surface area contributed by atoms with E-state index in [0.717, 1.165) is 17.1 Å². The van der Waals surface area contributed by atoms with Crippen LogP contribution in [0.2, 0.25) is 0 Å². The molecule has 0 saturated heterocycles. The minimum absolute atomic E-state index is 0. The number of halogens is 2. The van der Waals surface area contributed by atoms with E-state index in [1.165, 1.54) is 6.07 Å². The second-order valence-corrected chi connectivity index (χ2v) is 5.32. The molecule has 0 amide bonds. The summed E-state index contributed by atoms with van der Waals surface area (Å²) in [5.41, 5.74) is 7.92. The topological polar surface area (TPSA) is 68.2 Å². The van der Waals surface area contributed by atoms with Crippen molar-refractivity contribution >= 4 is 35.6 Å². The number of anilines is 1. The molecule has 0 fully saturated rings. The van der Waals surface area contributed by atoms with Crippen molar-refractivity contribution in [1.82, 2.24) is 9.55 Å². The highest BCUT2D eigenvalue weighted by molar-refractivity contribution is 14.0. The van der Waals surface area contributed by atoms with Gasteiger partial charge in [-0.2, -0.15) is 0 Å². The number of nitrogens with two attached hydrogens (primary N) is 1. The Morgan fingerprint density at radius 1 is 1.24 bits per heavy atom. The van der Waals surface area contributed by atoms with E-state index in [1.807, 2.05) is 43.3 Å². The molecule has 0 bridgehead atoms. The Morgan fingerprint density at radius 3 is 2.64 bits per heavy atom. The van der Waals surface area contributed by atoms with Gasteiger partial charge < -0.3 is 15.6 Å². The van der Waals surface area contributed by atoms with Crippen molar-refractivity contribution in [1.29, 1.82) is 0 Å². The third-order valence-corrected chi connectivity index (χ3v) is 3.58. The second-order valence-electron chi connectivity index (χ2n) is 5.32. The first-order chi connectivity index (χ1) is 11.6. The van der Waals surface area contributed by atoms with Gasteiger partial charge in [-0.3, -0.25) is 0 Å². The Morgan fingerprint density at radius 2 is 2.00 bits per heavy atom. The summed E-state index contributed by atoms with van der Waals surface area (Å²) in [6.07, 6.45) is 3.37. The first kappa shape index (κ1) is 18.9. The summed E-state index contributed by atoms with van der Waals surface area (Å²) in [6, 6.07) is 14.5. The van der Waals surface area contributed by atoms with E-state index < -0.39 is 0 Å². The maximum absolute atomic E-state index is 14.3. The fourth-order valence-corrected chi connectivity index (χ4v) is 2.36. The van der Waals surface area contributed by atoms with Gasteiger partial charge in [0.25, 0.3) is 0 Å². The van der Waals surface area contributed by atoms with Gasteiger partial charge in [-0.25, -0.2) is 14.4 Å². The Kier molecular flexibility index (Phi) is 6.51. The molecule has 2 aromatic carbocycles. The number of hydrogen-bond donors (Lipinski definition) is 2. The summed E-state index contributed by atoms with van der Waals surface area (Å²) < 4.78 is 16.0. The van der Waals surface area contributed by atoms with Gasteiger partial charge in [0, 0.05) is 18.1 Å². The molecule has 0 spiro atoms. The van der Waals surface area contributed by atoms with Crippen LogP contribution in [-0.4, -0.2) is 15.5 Å². The standard InChI is InChI=1S/C18H18FN5.HI/c1-13-21-9-10-24(13)17-8-7-14(11-16(17)19)12-22-18(20)23-15-5-3-2-4-6-15;/h2-11H,12H2,1H3,(H3,20,22,23);1H. The number of guanidine groups is 1. The SMILES string of the molecule is Cc1nccn1-c1ccc(CN=C(N)Nc2ccccc2)cc1F.I. The number of aromatic nitrogens is 2. The summed E-state index contributed by atoms with van der Waals surface area (Å²) >= 11 is 0. The van der Waals surface area contributed by atoms with E-state index in [9.17, 15) is 4.39 Å². The fraction of sp³-hybridized carbons (Fsp3) is 0.111. The maximum atomic E-state index is 14.3. The van der Waals surface area contributed by atoms with Gasteiger partial charge in [-0.1, -0.05) is 24.3 Å². The molecule has 0 radical (unpaired) electrons. The van der Waals surface area contributed by atoms with Crippen molar-refractivity contribution in [3.05, 3.63) is 78.1 Å². The van der Waals surface area contributed by atoms with E-state index in [0.29, 0.717) is 12.2 Å². The van der Waals surface area contributed by atoms with Crippen molar-refractivity contribution in [2.75, 3.05) is 5.32 Å². The first-order valence-electron chi connectivity index (χ1n) is 7.54. The molecule has 1 heterocycles. The molecular weight excluding hydrogens is 432 g/mol. The van der Waals surface area contributed by atoms with Crippen LogP contribution in [-0.2, 0) is 6.54 Å². The minimum Gasteiger partial charge on any atom is -0.370 e. The number of aliphatic imine (C=N–C) groups is 1. The van der Waals surface area contributed by atoms with Crippen LogP contribution in [0.25, 0.3) is 5.69 Å². The summed E-state index contributed by atoms with van der Waals surface area (Å²) in [5.74, 6) is 0.700. The summed E-state index contributed by atoms with van der Waals surface area (Å²) in [5, 5.41) is 2.99. The average Bonchev–Trinajstić information content (AvgIpc) is 3.00. The number of para-hydroxylation sites is 1. The van der Waals surface area contributed by atoms with Gasteiger partial charge in [-0.15, -0.1) is 24.0 Å². The van der Waals surface area contributed by atoms with Gasteiger partial charge in [0.05, 0.1) is 12.2 Å². The number of benzene rings is 2. The highest BCUT2D eigenvalue weighted by Gasteiger charge is 2.07. The van der Waals surface area contributed by atoms with Crippen LogP contribution in [0.15, 0.2) is 65.9 Å². The van der Waals surface area contributed by atoms with Gasteiger partial charge in [0.1, 0.15) is 11.6 Å². The van der Waals surface area contributed by atoms with E-state index in [4.69, 9.17) is 5.73 Å². The molecule has 1 aromatic heterocycles. The van der Waals surface area contributed by atoms with Crippen LogP contribution in [0.3, 0.4) is 0 Å². The number of rotatable bonds is 4. The number of nitrogens with one attached hydrogen (secondary N) is 1. The van der Waals surface area contributed by atoms with E-state index in [-0.39, 0.29) is 35.8 Å². The molecule has 130 valence electrons. The van der Waals surface area contributed by atoms with Crippen molar-refractivity contribution in [3.8, 4) is 5.69 Å². The first-order valence-corrected chi connectivity index (χ1v) is 7.54. The van der Waals surface area contributed by atoms with Crippen LogP contribution < -0.4 is 11.1 Å². The molecule has 0 aliphatic carbocycles. The predicted molar refractivity (Wildman–Crippen MR) is 109 cm³/mol. The zero-order chi connectivity index (χ0) is 16.9. The smallest absolute Gasteiger partial charge is 0.193 e. The quantitative estimate of drug-likeness (QED) is 0.360. The molecule has 3 N–H and O–H groups in total. The minimum atomic E-state index is -0.321. The lowest BCUT2D eigenvalue weighted by Gasteiger charge is -2.08. The molecule has 3 rings (SSSR count). The van der Waals surface area contributed by atoms with Crippen LogP contribution in [0.1, 0.15) is 11.4 Å². The summed E-state index contributed by atoms with van der Waals surface area (Å²) in [7, 11) is 0. The Balaban J connectivity index is 0.00000225. The van der Waals surface area contributed by atoms with Crippen LogP contribution in [0, 0.1) is 12.7 Å². The summed E-state index contributed by atoms with van der Waals surface area (Å²) in [6.45, 7) is 2.12. The molecular formula is C18H19FIN5. The van der Waals surface area contributed by atoms with E-state index in [2.05, 4.69) is 15.3 Å². The van der Waals surface area contributed by atoms with Crippen LogP contribution >= 0.6 is 24.0 Å². The monoisotopic (exact) mass is 451 g/mol. The predicted octanol–water partition coefficient (Wildman–Crippen LogP) is 3.86. The Labute approximate surface area is 162 Å². The third kappa shape index (κ3) is 4.79. The van der Waals surface area contributed by atoms with Gasteiger partial charge in [0.15, 0.2) is 5.96 Å². The number of aryl methyl sites for hydroxylation is 1. The average molecular weight is 451 g/mol. The van der Waals surface area contributed by atoms with Crippen LogP contribution in [0.5, 0.6) is 0 Å². The molecule has 0 saturated carbocycles. The zero-order valence-corrected chi connectivity index (χ0v) is 16.0. The lowest BCUT2D eigenvalue weighted by atomic mass is 10.2. The molecule has 0 aliphatic heterocycles. The molecule has 0 atom stereocenters. The molecule has 25 heavy (non-hydrogen) atoms. The summed E-state index contributed by atoms with van der Waals surface area (Å²) in [4.78, 5) is 8.34. The van der Waals surface area contributed by atoms with E-state index >= 15 is 0 Å². The number of nitrogens with zero attached hydrogens (tertiary/aromatic N) is 3. The Bertz CT molecular complexity index is 861. The highest BCUT2D eigenvalue weighted by atomic mass is 127. The van der Waals surface area contributed by atoms with Crippen molar-refractivity contribution in [3.63, 3.8) is 0 Å². The number of hydrogen-bond acceptors (Lipinski definition) is 2. The normalized spacial score (nSPS) is 11.0. The molecule has 5 nitrogen and oxygen atoms in total. The zero-order valence-electron chi connectivity index (χ0n) is 13.7. The van der Waals surface area contributed by atoms with Gasteiger partial charge in [-0.05, 0) is 36.8 Å². The fourth-order valence-electron chi connectivity index (χ4n) is 2.36. The van der Waals surface area contributed by atoms with Crippen molar-refractivity contribution in [2.45, 2.75) is 13.5 Å². The third-order valence-electron chi connectivity index (χ3n) is 3.58. The molecule has 0 unspecified atom stereocenters. The van der Waals surface area contributed by atoms with Crippen molar-refractivity contribution < 1.29 is 4.39 Å². The van der Waals surface area contributed by atoms with Gasteiger partial charge in [0.2, 0.25) is 0 Å². The lowest BCUT2D eigenvalue weighted by Crippen LogP contribution is -2.22. The van der Waals surface area contributed by atoms with E-state index in [1.54, 1.807) is 23.0 Å². The number of imidazole rings is 1. The largest absolute Gasteiger partial charge is 0.370 e. The molecule has 7 heteroatoms. The Hall–Kier alpha value is -2.42. The van der Waals surface area contributed by atoms with Crippen LogP contribution in [0.4, 0.5) is 10.1 Å².